The summed E-state index contributed by atoms with van der Waals surface area (Å²) >= 11 is 12.5. The van der Waals surface area contributed by atoms with E-state index in [1.165, 1.54) is 0 Å². The van der Waals surface area contributed by atoms with Crippen molar-refractivity contribution in [1.82, 2.24) is 9.97 Å². The molecule has 1 aromatic heterocycles. The number of hydrogen-bond acceptors (Lipinski definition) is 2. The van der Waals surface area contributed by atoms with Crippen LogP contribution in [0, 0.1) is 20.8 Å². The van der Waals surface area contributed by atoms with Crippen molar-refractivity contribution in [2.75, 3.05) is 0 Å². The Morgan fingerprint density at radius 2 is 1.62 bits per heavy atom. The van der Waals surface area contributed by atoms with E-state index in [4.69, 9.17) is 23.2 Å². The zero-order chi connectivity index (χ0) is 15.1. The number of halogens is 2. The second-order valence-electron chi connectivity index (χ2n) is 5.28. The second kappa shape index (κ2) is 5.28. The van der Waals surface area contributed by atoms with E-state index >= 15 is 0 Å². The van der Waals surface area contributed by atoms with Crippen molar-refractivity contribution in [3.63, 3.8) is 0 Å². The van der Waals surface area contributed by atoms with Crippen LogP contribution in [0.5, 0.6) is 0 Å². The zero-order valence-electron chi connectivity index (χ0n) is 12.0. The number of hydrogen-bond donors (Lipinski definition) is 0. The van der Waals surface area contributed by atoms with Crippen LogP contribution in [-0.2, 0) is 0 Å². The topological polar surface area (TPSA) is 25.8 Å². The monoisotopic (exact) mass is 316 g/mol. The summed E-state index contributed by atoms with van der Waals surface area (Å²) in [7, 11) is 0. The quantitative estimate of drug-likeness (QED) is 0.552. The molecule has 0 unspecified atom stereocenters. The van der Waals surface area contributed by atoms with E-state index in [1.54, 1.807) is 0 Å². The van der Waals surface area contributed by atoms with Gasteiger partial charge in [-0.1, -0.05) is 41.4 Å². The van der Waals surface area contributed by atoms with Gasteiger partial charge in [0.05, 0.1) is 5.52 Å². The van der Waals surface area contributed by atoms with Crippen LogP contribution in [0.3, 0.4) is 0 Å². The van der Waals surface area contributed by atoms with Crippen molar-refractivity contribution in [3.8, 4) is 11.4 Å². The van der Waals surface area contributed by atoms with E-state index in [1.807, 2.05) is 45.0 Å². The number of fused-ring (bicyclic) bond motifs is 1. The molecule has 4 heteroatoms. The first-order chi connectivity index (χ1) is 9.95. The van der Waals surface area contributed by atoms with Crippen LogP contribution in [0.15, 0.2) is 30.3 Å². The molecule has 0 N–H and O–H groups in total. The Labute approximate surface area is 133 Å². The van der Waals surface area contributed by atoms with Gasteiger partial charge in [0.15, 0.2) is 5.82 Å². The van der Waals surface area contributed by atoms with Gasteiger partial charge in [-0.15, -0.1) is 0 Å². The maximum absolute atomic E-state index is 6.36. The zero-order valence-corrected chi connectivity index (χ0v) is 13.5. The number of nitrogens with zero attached hydrogens (tertiary/aromatic N) is 2. The van der Waals surface area contributed by atoms with Gasteiger partial charge in [-0.05, 0) is 49.6 Å². The average molecular weight is 317 g/mol. The highest BCUT2D eigenvalue weighted by Gasteiger charge is 2.11. The molecule has 3 rings (SSSR count). The fourth-order valence-corrected chi connectivity index (χ4v) is 2.96. The first-order valence-corrected chi connectivity index (χ1v) is 7.42. The Morgan fingerprint density at radius 3 is 2.33 bits per heavy atom. The summed E-state index contributed by atoms with van der Waals surface area (Å²) in [5.74, 6) is 0.597. The minimum absolute atomic E-state index is 0.476. The number of rotatable bonds is 1. The van der Waals surface area contributed by atoms with Gasteiger partial charge in [0.2, 0.25) is 0 Å². The van der Waals surface area contributed by atoms with Crippen molar-refractivity contribution in [2.45, 2.75) is 20.8 Å². The Bertz CT molecular complexity index is 857. The molecule has 0 bridgehead atoms. The van der Waals surface area contributed by atoms with Crippen molar-refractivity contribution >= 4 is 34.1 Å². The minimum Gasteiger partial charge on any atom is -0.228 e. The number of benzene rings is 2. The largest absolute Gasteiger partial charge is 0.228 e. The van der Waals surface area contributed by atoms with Crippen LogP contribution in [0.25, 0.3) is 22.3 Å². The maximum Gasteiger partial charge on any atom is 0.161 e. The Hall–Kier alpha value is -1.64. The van der Waals surface area contributed by atoms with Crippen LogP contribution in [0.2, 0.25) is 10.2 Å². The summed E-state index contributed by atoms with van der Waals surface area (Å²) in [5.41, 5.74) is 5.00. The molecule has 0 aliphatic carbocycles. The van der Waals surface area contributed by atoms with Crippen molar-refractivity contribution in [2.24, 2.45) is 0 Å². The molecule has 0 spiro atoms. The van der Waals surface area contributed by atoms with E-state index in [2.05, 4.69) is 16.0 Å². The highest BCUT2D eigenvalue weighted by atomic mass is 35.5. The SMILES string of the molecule is Cc1cc(C)c2c(Cl)nc(-c3ccc(C)c(Cl)c3)nc2c1. The fourth-order valence-electron chi connectivity index (χ4n) is 2.45. The third kappa shape index (κ3) is 2.61. The van der Waals surface area contributed by atoms with Gasteiger partial charge in [-0.25, -0.2) is 9.97 Å². The van der Waals surface area contributed by atoms with Crippen molar-refractivity contribution in [3.05, 3.63) is 57.2 Å². The molecule has 0 saturated heterocycles. The first kappa shape index (κ1) is 14.3. The van der Waals surface area contributed by atoms with Crippen LogP contribution in [0.4, 0.5) is 0 Å². The van der Waals surface area contributed by atoms with E-state index in [0.29, 0.717) is 16.0 Å². The molecule has 106 valence electrons. The Balaban J connectivity index is 2.27. The van der Waals surface area contributed by atoms with Crippen molar-refractivity contribution in [1.29, 1.82) is 0 Å². The molecule has 0 saturated carbocycles. The molecular weight excluding hydrogens is 303 g/mol. The molecule has 0 aliphatic heterocycles. The van der Waals surface area contributed by atoms with Gasteiger partial charge < -0.3 is 0 Å². The van der Waals surface area contributed by atoms with E-state index in [0.717, 1.165) is 33.2 Å². The summed E-state index contributed by atoms with van der Waals surface area (Å²) in [5, 5.41) is 2.08. The third-order valence-corrected chi connectivity index (χ3v) is 4.21. The van der Waals surface area contributed by atoms with E-state index in [9.17, 15) is 0 Å². The predicted octanol–water partition coefficient (Wildman–Crippen LogP) is 5.53. The summed E-state index contributed by atoms with van der Waals surface area (Å²) in [6.45, 7) is 6.03. The molecule has 0 radical (unpaired) electrons. The predicted molar refractivity (Wildman–Crippen MR) is 89.2 cm³/mol. The lowest BCUT2D eigenvalue weighted by Crippen LogP contribution is -1.94. The lowest BCUT2D eigenvalue weighted by atomic mass is 10.1. The van der Waals surface area contributed by atoms with Gasteiger partial charge in [0, 0.05) is 16.0 Å². The van der Waals surface area contributed by atoms with Gasteiger partial charge in [0.1, 0.15) is 5.15 Å². The molecule has 0 aliphatic rings. The molecule has 0 fully saturated rings. The molecule has 1 heterocycles. The van der Waals surface area contributed by atoms with Gasteiger partial charge >= 0.3 is 0 Å². The minimum atomic E-state index is 0.476. The third-order valence-electron chi connectivity index (χ3n) is 3.53. The Kier molecular flexibility index (Phi) is 3.60. The summed E-state index contributed by atoms with van der Waals surface area (Å²) in [4.78, 5) is 9.07. The smallest absolute Gasteiger partial charge is 0.161 e. The van der Waals surface area contributed by atoms with Crippen LogP contribution >= 0.6 is 23.2 Å². The van der Waals surface area contributed by atoms with Gasteiger partial charge in [-0.2, -0.15) is 0 Å². The van der Waals surface area contributed by atoms with E-state index in [-0.39, 0.29) is 0 Å². The second-order valence-corrected chi connectivity index (χ2v) is 6.04. The maximum atomic E-state index is 6.36. The first-order valence-electron chi connectivity index (χ1n) is 6.67. The molecule has 3 aromatic rings. The molecule has 0 atom stereocenters. The molecule has 0 amide bonds. The number of aromatic nitrogens is 2. The van der Waals surface area contributed by atoms with Gasteiger partial charge in [0.25, 0.3) is 0 Å². The molecular formula is C17H14Cl2N2. The van der Waals surface area contributed by atoms with Crippen LogP contribution in [0.1, 0.15) is 16.7 Å². The van der Waals surface area contributed by atoms with Crippen LogP contribution < -0.4 is 0 Å². The fraction of sp³-hybridized carbons (Fsp3) is 0.176. The lowest BCUT2D eigenvalue weighted by molar-refractivity contribution is 1.21. The Morgan fingerprint density at radius 1 is 0.857 bits per heavy atom. The van der Waals surface area contributed by atoms with Crippen LogP contribution in [-0.4, -0.2) is 9.97 Å². The standard InChI is InChI=1S/C17H14Cl2N2/c1-9-6-11(3)15-14(7-9)20-17(21-16(15)19)12-5-4-10(2)13(18)8-12/h4-8H,1-3H3. The normalized spacial score (nSPS) is 11.1. The highest BCUT2D eigenvalue weighted by molar-refractivity contribution is 6.34. The van der Waals surface area contributed by atoms with Gasteiger partial charge in [-0.3, -0.25) is 0 Å². The molecule has 21 heavy (non-hydrogen) atoms. The highest BCUT2D eigenvalue weighted by Crippen LogP contribution is 2.29. The lowest BCUT2D eigenvalue weighted by Gasteiger charge is -2.09. The summed E-state index contributed by atoms with van der Waals surface area (Å²) in [6, 6.07) is 9.90. The summed E-state index contributed by atoms with van der Waals surface area (Å²) in [6.07, 6.45) is 0. The average Bonchev–Trinajstić information content (AvgIpc) is 2.40. The van der Waals surface area contributed by atoms with Crippen molar-refractivity contribution < 1.29 is 0 Å². The summed E-state index contributed by atoms with van der Waals surface area (Å²) < 4.78 is 0. The molecule has 2 aromatic carbocycles. The van der Waals surface area contributed by atoms with E-state index < -0.39 is 0 Å². The molecule has 2 nitrogen and oxygen atoms in total. The number of aryl methyl sites for hydroxylation is 3.